The van der Waals surface area contributed by atoms with Crippen molar-refractivity contribution in [1.29, 1.82) is 5.26 Å². The fourth-order valence-electron chi connectivity index (χ4n) is 5.86. The number of aromatic nitrogens is 2. The Morgan fingerprint density at radius 1 is 1.22 bits per heavy atom. The van der Waals surface area contributed by atoms with E-state index in [0.717, 1.165) is 49.2 Å². The molecule has 9 nitrogen and oxygen atoms in total. The number of allylic oxidation sites excluding steroid dienone is 1. The molecule has 9 heteroatoms. The summed E-state index contributed by atoms with van der Waals surface area (Å²) in [6, 6.07) is 12.5. The number of carbonyl (C=O) groups excluding carboxylic acids is 1. The van der Waals surface area contributed by atoms with Crippen molar-refractivity contribution < 1.29 is 9.53 Å². The van der Waals surface area contributed by atoms with Gasteiger partial charge in [-0.05, 0) is 81.5 Å². The zero-order valence-corrected chi connectivity index (χ0v) is 27.4. The van der Waals surface area contributed by atoms with E-state index in [1.54, 1.807) is 13.3 Å². The molecule has 4 rings (SSSR count). The van der Waals surface area contributed by atoms with Crippen molar-refractivity contribution in [3.63, 3.8) is 0 Å². The molecule has 0 saturated heterocycles. The molecule has 1 aromatic heterocycles. The Labute approximate surface area is 267 Å². The largest absolute Gasteiger partial charge is 0.494 e. The lowest BCUT2D eigenvalue weighted by molar-refractivity contribution is -0.111. The van der Waals surface area contributed by atoms with E-state index in [9.17, 15) is 10.1 Å². The number of benzene rings is 2. The monoisotopic (exact) mass is 607 g/mol. The maximum absolute atomic E-state index is 12.4. The lowest BCUT2D eigenvalue weighted by atomic mass is 9.87. The third kappa shape index (κ3) is 7.89. The minimum Gasteiger partial charge on any atom is -0.494 e. The number of amides is 1. The summed E-state index contributed by atoms with van der Waals surface area (Å²) >= 11 is 0. The molecular weight excluding hydrogens is 562 g/mol. The fraction of sp³-hybridized carbons (Fsp3) is 0.389. The van der Waals surface area contributed by atoms with Crippen LogP contribution in [-0.2, 0) is 17.6 Å². The van der Waals surface area contributed by atoms with Crippen LogP contribution in [0.2, 0.25) is 0 Å². The van der Waals surface area contributed by atoms with Crippen LogP contribution in [0.5, 0.6) is 5.75 Å². The Balaban J connectivity index is 1.77. The number of aryl methyl sites for hydroxylation is 1. The van der Waals surface area contributed by atoms with Crippen LogP contribution in [0.1, 0.15) is 61.1 Å². The molecule has 3 aromatic rings. The number of anilines is 4. The summed E-state index contributed by atoms with van der Waals surface area (Å²) < 4.78 is 5.78. The van der Waals surface area contributed by atoms with Gasteiger partial charge in [-0.2, -0.15) is 5.26 Å². The number of nitriles is 1. The predicted molar refractivity (Wildman–Crippen MR) is 183 cm³/mol. The molecule has 1 amide bonds. The molecule has 45 heavy (non-hydrogen) atoms. The molecule has 0 spiro atoms. The van der Waals surface area contributed by atoms with E-state index in [2.05, 4.69) is 63.2 Å². The summed E-state index contributed by atoms with van der Waals surface area (Å²) in [5.41, 5.74) is 7.68. The SMILES string of the molecule is C=CC(=O)Nc1cc(Nc2ncc(C#N)c(C(=CC)c3cccc4c3CC(CC)CCC4)n2)c(OC)cc1N(C)CCN(C)C. The van der Waals surface area contributed by atoms with E-state index < -0.39 is 0 Å². The van der Waals surface area contributed by atoms with Crippen molar-refractivity contribution in [2.75, 3.05) is 56.9 Å². The van der Waals surface area contributed by atoms with E-state index >= 15 is 0 Å². The van der Waals surface area contributed by atoms with E-state index in [-0.39, 0.29) is 5.91 Å². The number of carbonyl (C=O) groups is 1. The van der Waals surface area contributed by atoms with Gasteiger partial charge in [-0.25, -0.2) is 9.97 Å². The van der Waals surface area contributed by atoms with Gasteiger partial charge in [0.15, 0.2) is 0 Å². The lowest BCUT2D eigenvalue weighted by Crippen LogP contribution is -2.29. The van der Waals surface area contributed by atoms with Gasteiger partial charge < -0.3 is 25.2 Å². The Morgan fingerprint density at radius 3 is 2.69 bits per heavy atom. The number of methoxy groups -OCH3 is 1. The summed E-state index contributed by atoms with van der Waals surface area (Å²) in [7, 11) is 7.60. The number of nitrogens with one attached hydrogen (secondary N) is 2. The number of rotatable bonds is 12. The van der Waals surface area contributed by atoms with Gasteiger partial charge in [-0.15, -0.1) is 0 Å². The first-order valence-electron chi connectivity index (χ1n) is 15.6. The van der Waals surface area contributed by atoms with Crippen molar-refractivity contribution in [3.8, 4) is 11.8 Å². The molecule has 0 aliphatic heterocycles. The molecule has 1 atom stereocenters. The second-order valence-electron chi connectivity index (χ2n) is 11.7. The average Bonchev–Trinajstić information content (AvgIpc) is 3.27. The highest BCUT2D eigenvalue weighted by atomic mass is 16.5. The van der Waals surface area contributed by atoms with Gasteiger partial charge in [-0.3, -0.25) is 4.79 Å². The minimum absolute atomic E-state index is 0.310. The Hall–Kier alpha value is -4.68. The molecule has 1 aliphatic rings. The van der Waals surface area contributed by atoms with Crippen molar-refractivity contribution in [1.82, 2.24) is 14.9 Å². The third-order valence-electron chi connectivity index (χ3n) is 8.45. The average molecular weight is 608 g/mol. The van der Waals surface area contributed by atoms with Crippen LogP contribution in [0.3, 0.4) is 0 Å². The number of nitrogens with zero attached hydrogens (tertiary/aromatic N) is 5. The van der Waals surface area contributed by atoms with E-state index in [0.29, 0.717) is 40.2 Å². The summed E-state index contributed by atoms with van der Waals surface area (Å²) in [5, 5.41) is 16.3. The smallest absolute Gasteiger partial charge is 0.247 e. The highest BCUT2D eigenvalue weighted by Crippen LogP contribution is 2.39. The van der Waals surface area contributed by atoms with Crippen LogP contribution in [0.4, 0.5) is 23.0 Å². The van der Waals surface area contributed by atoms with Gasteiger partial charge in [0.25, 0.3) is 0 Å². The van der Waals surface area contributed by atoms with Crippen molar-refractivity contribution in [3.05, 3.63) is 83.2 Å². The highest BCUT2D eigenvalue weighted by Gasteiger charge is 2.23. The number of likely N-dealkylation sites (N-methyl/N-ethyl adjacent to an activating group) is 2. The quantitative estimate of drug-likeness (QED) is 0.176. The summed E-state index contributed by atoms with van der Waals surface area (Å²) in [6.45, 7) is 9.42. The predicted octanol–water partition coefficient (Wildman–Crippen LogP) is 6.58. The van der Waals surface area contributed by atoms with Gasteiger partial charge >= 0.3 is 0 Å². The van der Waals surface area contributed by atoms with Crippen molar-refractivity contribution >= 4 is 34.5 Å². The van der Waals surface area contributed by atoms with Crippen molar-refractivity contribution in [2.45, 2.75) is 46.0 Å². The molecule has 0 saturated carbocycles. The topological polar surface area (TPSA) is 106 Å². The second kappa shape index (κ2) is 15.4. The Kier molecular flexibility index (Phi) is 11.3. The molecule has 1 heterocycles. The molecule has 236 valence electrons. The van der Waals surface area contributed by atoms with Gasteiger partial charge in [0.05, 0.1) is 41.6 Å². The standard InChI is InChI=1S/C36H45N7O2/c1-8-24-13-11-14-25-15-12-16-28(29(25)19-24)27(9-2)35-26(22-37)23-38-36(41-35)40-31-20-30(39-34(44)10-3)32(21-33(31)45-7)43(6)18-17-42(4)5/h9-10,12,15-16,20-21,23-24H,3,8,11,13-14,17-19H2,1-2,4-7H3,(H,39,44)(H,38,40,41). The Bertz CT molecular complexity index is 1610. The zero-order valence-electron chi connectivity index (χ0n) is 27.4. The van der Waals surface area contributed by atoms with Crippen LogP contribution >= 0.6 is 0 Å². The van der Waals surface area contributed by atoms with Gasteiger partial charge in [0.2, 0.25) is 11.9 Å². The van der Waals surface area contributed by atoms with Crippen LogP contribution in [-0.4, -0.2) is 62.1 Å². The molecule has 1 aliphatic carbocycles. The lowest BCUT2D eigenvalue weighted by Gasteiger charge is -2.26. The van der Waals surface area contributed by atoms with Crippen LogP contribution in [0, 0.1) is 17.2 Å². The minimum atomic E-state index is -0.324. The van der Waals surface area contributed by atoms with Gasteiger partial charge in [-0.1, -0.05) is 44.2 Å². The van der Waals surface area contributed by atoms with Gasteiger partial charge in [0, 0.05) is 31.8 Å². The van der Waals surface area contributed by atoms with E-state index in [4.69, 9.17) is 9.72 Å². The molecule has 1 unspecified atom stereocenters. The maximum atomic E-state index is 12.4. The van der Waals surface area contributed by atoms with E-state index in [1.807, 2.05) is 46.3 Å². The molecule has 2 aromatic carbocycles. The zero-order chi connectivity index (χ0) is 32.5. The van der Waals surface area contributed by atoms with Crippen molar-refractivity contribution in [2.24, 2.45) is 5.92 Å². The molecule has 0 radical (unpaired) electrons. The molecular formula is C36H45N7O2. The number of hydrogen-bond donors (Lipinski definition) is 2. The first-order chi connectivity index (χ1) is 21.7. The normalized spacial score (nSPS) is 14.6. The van der Waals surface area contributed by atoms with Crippen LogP contribution in [0.25, 0.3) is 5.57 Å². The van der Waals surface area contributed by atoms with Crippen LogP contribution < -0.4 is 20.3 Å². The van der Waals surface area contributed by atoms with Gasteiger partial charge in [0.1, 0.15) is 11.8 Å². The van der Waals surface area contributed by atoms with Crippen LogP contribution in [0.15, 0.2) is 55.3 Å². The number of fused-ring (bicyclic) bond motifs is 1. The Morgan fingerprint density at radius 2 is 2.02 bits per heavy atom. The second-order valence-corrected chi connectivity index (χ2v) is 11.7. The highest BCUT2D eigenvalue weighted by molar-refractivity contribution is 6.02. The summed E-state index contributed by atoms with van der Waals surface area (Å²) in [6.07, 6.45) is 10.5. The molecule has 0 bridgehead atoms. The molecule has 2 N–H and O–H groups in total. The summed E-state index contributed by atoms with van der Waals surface area (Å²) in [4.78, 5) is 25.9. The number of hydrogen-bond acceptors (Lipinski definition) is 8. The fourth-order valence-corrected chi connectivity index (χ4v) is 5.86. The first-order valence-corrected chi connectivity index (χ1v) is 15.6. The first kappa shape index (κ1) is 33.2. The maximum Gasteiger partial charge on any atom is 0.247 e. The summed E-state index contributed by atoms with van der Waals surface area (Å²) in [5.74, 6) is 1.18. The third-order valence-corrected chi connectivity index (χ3v) is 8.45. The number of ether oxygens (including phenoxy) is 1. The molecule has 0 fully saturated rings. The van der Waals surface area contributed by atoms with E-state index in [1.165, 1.54) is 30.0 Å².